The molecule has 63 heavy (non-hydrogen) atoms. The van der Waals surface area contributed by atoms with Crippen molar-refractivity contribution in [2.24, 2.45) is 13.0 Å². The largest absolute Gasteiger partial charge is 0.778 e. The minimum Gasteiger partial charge on any atom is -0.778 e. The number of nitrogens with one attached hydrogen (secondary N) is 1. The lowest BCUT2D eigenvalue weighted by Crippen LogP contribution is -2.40. The van der Waals surface area contributed by atoms with Crippen LogP contribution in [0.4, 0.5) is 18.9 Å². The van der Waals surface area contributed by atoms with Crippen molar-refractivity contribution in [3.05, 3.63) is 95.3 Å². The summed E-state index contributed by atoms with van der Waals surface area (Å²) in [6.07, 6.45) is 1.94. The predicted molar refractivity (Wildman–Crippen MR) is 221 cm³/mol. The minimum absolute atomic E-state index is 0.0104. The molecule has 1 atom stereocenters. The van der Waals surface area contributed by atoms with Gasteiger partial charge in [0.2, 0.25) is 0 Å². The summed E-state index contributed by atoms with van der Waals surface area (Å²) in [6, 6.07) is 6.70. The van der Waals surface area contributed by atoms with Crippen molar-refractivity contribution in [2.75, 3.05) is 37.9 Å². The van der Waals surface area contributed by atoms with E-state index in [-0.39, 0.29) is 34.0 Å². The molecule has 1 saturated carbocycles. The molecule has 27 heteroatoms. The average molecular weight is 975 g/mol. The highest BCUT2D eigenvalue weighted by Gasteiger charge is 2.39. The number of nitro groups is 1. The standard InChI is InChI=1S/C16H14ClF3N2O4.C14H13NO7S.C3H8NO5P.C3H9S/c1-8(2)26-14(24)10-6-9(4-5-11(10)17)22-13(23)7-12(16(18,19)20)21(3)15(22)25;1-23(21,22)8-5-6-9(10(7-8)15(19)20)14(18)13-11(16)3-2-4-12(13)17;5-3(6)1-4-2-10(7,8)9;1-4(2)3/h4-8H,1-3H3;5-7,13H,2-4H2,1H3;4H,1-2H2,(H,5,6)(H2,7,8,9);1-3H3/q;;;+1/p-1. The van der Waals surface area contributed by atoms with Crippen LogP contribution in [0.15, 0.2) is 56.9 Å². The maximum atomic E-state index is 12.9. The third-order valence-corrected chi connectivity index (χ3v) is 9.64. The average Bonchev–Trinajstić information content (AvgIpc) is 3.12. The molecule has 1 heterocycles. The Morgan fingerprint density at radius 2 is 1.57 bits per heavy atom. The first-order valence-corrected chi connectivity index (χ1v) is 24.1. The Kier molecular flexibility index (Phi) is 21.0. The van der Waals surface area contributed by atoms with Gasteiger partial charge in [-0.25, -0.2) is 22.6 Å². The summed E-state index contributed by atoms with van der Waals surface area (Å²) in [6.45, 7) is 2.75. The maximum Gasteiger partial charge on any atom is 0.431 e. The number of Topliss-reactive ketones (excluding diaryl/α,β-unsaturated/α-hetero) is 3. The second-order valence-electron chi connectivity index (χ2n) is 13.8. The van der Waals surface area contributed by atoms with Crippen molar-refractivity contribution in [3.63, 3.8) is 0 Å². The summed E-state index contributed by atoms with van der Waals surface area (Å²) in [5.41, 5.74) is -5.17. The van der Waals surface area contributed by atoms with Crippen molar-refractivity contribution in [1.82, 2.24) is 14.5 Å². The van der Waals surface area contributed by atoms with Crippen LogP contribution in [0.5, 0.6) is 0 Å². The molecule has 1 aliphatic rings. The number of nitrogens with zero attached hydrogens (tertiary/aromatic N) is 3. The van der Waals surface area contributed by atoms with E-state index in [1.54, 1.807) is 13.8 Å². The summed E-state index contributed by atoms with van der Waals surface area (Å²) >= 11 is 5.94. The number of halogens is 4. The van der Waals surface area contributed by atoms with E-state index in [9.17, 15) is 74.7 Å². The van der Waals surface area contributed by atoms with Crippen LogP contribution in [0.25, 0.3) is 5.69 Å². The van der Waals surface area contributed by atoms with Gasteiger partial charge < -0.3 is 24.2 Å². The second-order valence-corrected chi connectivity index (χ2v) is 20.3. The van der Waals surface area contributed by atoms with Crippen LogP contribution in [-0.2, 0) is 57.6 Å². The Morgan fingerprint density at radius 1 is 1.03 bits per heavy atom. The van der Waals surface area contributed by atoms with E-state index in [1.165, 1.54) is 12.1 Å². The molecule has 3 aromatic rings. The fourth-order valence-electron chi connectivity index (χ4n) is 4.98. The number of carbonyl (C=O) groups excluding carboxylic acids is 4. The molecule has 0 bridgehead atoms. The number of hydrogen-bond acceptors (Lipinski definition) is 15. The van der Waals surface area contributed by atoms with E-state index < -0.39 is 111 Å². The number of rotatable bonds is 11. The van der Waals surface area contributed by atoms with Crippen LogP contribution in [-0.4, -0.2) is 106 Å². The number of ether oxygens (including phenoxy) is 1. The molecule has 2 aromatic carbocycles. The Balaban J connectivity index is 0.000000488. The summed E-state index contributed by atoms with van der Waals surface area (Å²) in [5.74, 6) is -5.57. The van der Waals surface area contributed by atoms with Gasteiger partial charge in [0.25, 0.3) is 11.2 Å². The van der Waals surface area contributed by atoms with Gasteiger partial charge in [0.05, 0.1) is 69.4 Å². The lowest BCUT2D eigenvalue weighted by Gasteiger charge is -2.18. The molecule has 0 spiro atoms. The van der Waals surface area contributed by atoms with Gasteiger partial charge in [0.15, 0.2) is 27.2 Å². The fraction of sp³-hybridized carbons (Fsp3) is 0.417. The Bertz CT molecular complexity index is 2490. The van der Waals surface area contributed by atoms with Crippen LogP contribution in [0.3, 0.4) is 0 Å². The van der Waals surface area contributed by atoms with E-state index >= 15 is 0 Å². The first kappa shape index (κ1) is 56.0. The van der Waals surface area contributed by atoms with E-state index in [4.69, 9.17) is 26.3 Å². The molecule has 0 radical (unpaired) electrons. The van der Waals surface area contributed by atoms with E-state index in [2.05, 4.69) is 18.8 Å². The number of nitro benzene ring substituents is 1. The molecule has 1 aromatic heterocycles. The van der Waals surface area contributed by atoms with Gasteiger partial charge in [0, 0.05) is 38.3 Å². The third-order valence-electron chi connectivity index (χ3n) is 7.58. The van der Waals surface area contributed by atoms with Crippen LogP contribution in [0.2, 0.25) is 5.02 Å². The summed E-state index contributed by atoms with van der Waals surface area (Å²) in [7, 11) is -6.51. The number of carboxylic acid groups (broad SMARTS) is 1. The lowest BCUT2D eigenvalue weighted by molar-refractivity contribution is -0.385. The molecule has 3 N–H and O–H groups in total. The molecule has 4 rings (SSSR count). The summed E-state index contributed by atoms with van der Waals surface area (Å²) in [4.78, 5) is 110. The van der Waals surface area contributed by atoms with Gasteiger partial charge in [-0.15, -0.1) is 0 Å². The SMILES string of the molecule is CC(C)OC(=O)c1cc(-n2c(=O)cc(C(F)(F)F)n(C)c2=O)ccc1Cl.CS(=O)(=O)c1ccc(C(=O)C2C(=O)CCCC2=O)c([N+](=O)[O-])c1.C[S+](C)C.O=C(O)CNCP(=O)([O-])O. The maximum absolute atomic E-state index is 12.9. The number of alkyl halides is 3. The number of carbonyl (C=O) groups is 5. The van der Waals surface area contributed by atoms with Crippen molar-refractivity contribution in [1.29, 1.82) is 0 Å². The molecule has 1 fully saturated rings. The molecule has 0 amide bonds. The number of carboxylic acids is 1. The highest BCUT2D eigenvalue weighted by molar-refractivity contribution is 7.94. The molecule has 0 aliphatic heterocycles. The minimum atomic E-state index is -4.86. The normalized spacial score (nSPS) is 14.0. The zero-order valence-corrected chi connectivity index (χ0v) is 37.7. The van der Waals surface area contributed by atoms with Crippen LogP contribution in [0, 0.1) is 16.0 Å². The van der Waals surface area contributed by atoms with E-state index in [0.717, 1.165) is 37.6 Å². The number of esters is 1. The number of aliphatic carboxylic acids is 1. The quantitative estimate of drug-likeness (QED) is 0.0473. The molecule has 0 saturated heterocycles. The Morgan fingerprint density at radius 3 is 2.02 bits per heavy atom. The highest BCUT2D eigenvalue weighted by Crippen LogP contribution is 2.30. The molecular weight excluding hydrogens is 932 g/mol. The van der Waals surface area contributed by atoms with Crippen LogP contribution < -0.4 is 21.5 Å². The molecular formula is C36H43ClF3N4O16PS2. The Labute approximate surface area is 365 Å². The monoisotopic (exact) mass is 974 g/mol. The first-order valence-electron chi connectivity index (χ1n) is 17.6. The second kappa shape index (κ2) is 23.6. The number of ketones is 3. The zero-order chi connectivity index (χ0) is 48.9. The molecule has 20 nitrogen and oxygen atoms in total. The first-order chi connectivity index (χ1) is 28.7. The third kappa shape index (κ3) is 17.9. The number of sulfone groups is 1. The number of benzene rings is 2. The predicted octanol–water partition coefficient (Wildman–Crippen LogP) is 2.55. The molecule has 1 aliphatic carbocycles. The smallest absolute Gasteiger partial charge is 0.431 e. The van der Waals surface area contributed by atoms with Crippen LogP contribution in [0.1, 0.15) is 59.5 Å². The van der Waals surface area contributed by atoms with Crippen molar-refractivity contribution in [2.45, 2.75) is 50.3 Å². The van der Waals surface area contributed by atoms with Crippen LogP contribution >= 0.6 is 19.2 Å². The van der Waals surface area contributed by atoms with Crippen molar-refractivity contribution in [3.8, 4) is 5.69 Å². The topological polar surface area (TPSA) is 308 Å². The van der Waals surface area contributed by atoms with Crippen molar-refractivity contribution >= 4 is 74.9 Å². The summed E-state index contributed by atoms with van der Waals surface area (Å²) in [5, 5.41) is 21.1. The highest BCUT2D eigenvalue weighted by atomic mass is 35.5. The van der Waals surface area contributed by atoms with Crippen molar-refractivity contribution < 1.29 is 74.7 Å². The number of aromatic nitrogens is 2. The van der Waals surface area contributed by atoms with Gasteiger partial charge >= 0.3 is 23.8 Å². The van der Waals surface area contributed by atoms with Gasteiger partial charge in [-0.05, 0) is 61.5 Å². The van der Waals surface area contributed by atoms with Gasteiger partial charge in [-0.2, -0.15) is 13.2 Å². The zero-order valence-electron chi connectivity index (χ0n) is 34.5. The molecule has 348 valence electrons. The van der Waals surface area contributed by atoms with Gasteiger partial charge in [0.1, 0.15) is 19.2 Å². The fourth-order valence-corrected chi connectivity index (χ4v) is 6.21. The lowest BCUT2D eigenvalue weighted by atomic mass is 9.81. The molecule has 1 unspecified atom stereocenters. The van der Waals surface area contributed by atoms with E-state index in [1.807, 2.05) is 5.32 Å². The van der Waals surface area contributed by atoms with E-state index in [0.29, 0.717) is 32.5 Å². The van der Waals surface area contributed by atoms with Gasteiger partial charge in [-0.3, -0.25) is 44.0 Å². The van der Waals surface area contributed by atoms with Gasteiger partial charge in [-0.1, -0.05) is 11.6 Å². The summed E-state index contributed by atoms with van der Waals surface area (Å²) < 4.78 is 77.4. The Hall–Kier alpha value is -5.04. The number of hydrogen-bond donors (Lipinski definition) is 3.